The van der Waals surface area contributed by atoms with Crippen molar-refractivity contribution >= 4 is 24.1 Å². The number of nitrogens with one attached hydrogen (secondary N) is 1. The van der Waals surface area contributed by atoms with Crippen LogP contribution >= 0.6 is 0 Å². The third-order valence-electron chi connectivity index (χ3n) is 1.85. The lowest BCUT2D eigenvalue weighted by molar-refractivity contribution is -0.131. The maximum absolute atomic E-state index is 9.39. The molecule has 1 aromatic carbocycles. The van der Waals surface area contributed by atoms with E-state index in [1.807, 2.05) is 30.5 Å². The van der Waals surface area contributed by atoms with E-state index in [9.17, 15) is 4.79 Å². The van der Waals surface area contributed by atoms with Gasteiger partial charge >= 0.3 is 0 Å². The second kappa shape index (κ2) is 6.61. The molecular weight excluding hydrogens is 204 g/mol. The molecule has 0 bridgehead atoms. The number of aliphatic imine (C=N–C) groups is 1. The summed E-state index contributed by atoms with van der Waals surface area (Å²) < 4.78 is 4.36. The summed E-state index contributed by atoms with van der Waals surface area (Å²) in [6.45, 7) is 4.89. The molecule has 4 heteroatoms. The molecule has 86 valence electrons. The Bertz CT molecular complexity index is 362. The van der Waals surface area contributed by atoms with Crippen LogP contribution in [-0.4, -0.2) is 25.3 Å². The van der Waals surface area contributed by atoms with Crippen molar-refractivity contribution < 1.29 is 9.53 Å². The van der Waals surface area contributed by atoms with E-state index >= 15 is 0 Å². The van der Waals surface area contributed by atoms with Gasteiger partial charge in [0.15, 0.2) is 0 Å². The van der Waals surface area contributed by atoms with Gasteiger partial charge in [-0.15, -0.1) is 0 Å². The highest BCUT2D eigenvalue weighted by molar-refractivity contribution is 5.80. The Morgan fingerprint density at radius 2 is 2.19 bits per heavy atom. The largest absolute Gasteiger partial charge is 0.465 e. The van der Waals surface area contributed by atoms with Gasteiger partial charge in [0.1, 0.15) is 0 Å². The highest BCUT2D eigenvalue weighted by Crippen LogP contribution is 2.24. The molecule has 0 unspecified atom stereocenters. The van der Waals surface area contributed by atoms with Crippen LogP contribution in [0.2, 0.25) is 0 Å². The summed E-state index contributed by atoms with van der Waals surface area (Å²) in [5.74, 6) is 0. The van der Waals surface area contributed by atoms with E-state index in [1.165, 1.54) is 0 Å². The van der Waals surface area contributed by atoms with Crippen LogP contribution in [0.5, 0.6) is 0 Å². The summed E-state index contributed by atoms with van der Waals surface area (Å²) in [5.41, 5.74) is 2.17. The Labute approximate surface area is 95.3 Å². The zero-order valence-electron chi connectivity index (χ0n) is 9.51. The van der Waals surface area contributed by atoms with E-state index in [4.69, 9.17) is 0 Å². The molecule has 1 heterocycles. The highest BCUT2D eigenvalue weighted by atomic mass is 16.5. The van der Waals surface area contributed by atoms with Crippen molar-refractivity contribution in [2.24, 2.45) is 4.99 Å². The number of nitrogens with zero attached hydrogens (tertiary/aromatic N) is 1. The van der Waals surface area contributed by atoms with Crippen molar-refractivity contribution in [3.63, 3.8) is 0 Å². The normalized spacial score (nSPS) is 11.9. The zero-order chi connectivity index (χ0) is 11.8. The van der Waals surface area contributed by atoms with Crippen LogP contribution in [0.25, 0.3) is 0 Å². The second-order valence-corrected chi connectivity index (χ2v) is 3.49. The first-order valence-corrected chi connectivity index (χ1v) is 5.18. The number of fused-ring (bicyclic) bond motifs is 1. The summed E-state index contributed by atoms with van der Waals surface area (Å²) in [4.78, 5) is 13.6. The van der Waals surface area contributed by atoms with Gasteiger partial charge in [0.2, 0.25) is 0 Å². The molecule has 0 atom stereocenters. The molecule has 0 saturated heterocycles. The van der Waals surface area contributed by atoms with Crippen LogP contribution in [0.1, 0.15) is 13.8 Å². The van der Waals surface area contributed by atoms with E-state index in [-0.39, 0.29) is 6.10 Å². The fraction of sp³-hybridized carbons (Fsp3) is 0.333. The van der Waals surface area contributed by atoms with Crippen molar-refractivity contribution in [3.8, 4) is 0 Å². The summed E-state index contributed by atoms with van der Waals surface area (Å²) in [7, 11) is 0. The Balaban J connectivity index is 0.000000187. The first-order valence-electron chi connectivity index (χ1n) is 5.18. The summed E-state index contributed by atoms with van der Waals surface area (Å²) >= 11 is 0. The summed E-state index contributed by atoms with van der Waals surface area (Å²) in [6.07, 6.45) is 1.91. The smallest absolute Gasteiger partial charge is 0.293 e. The molecule has 0 saturated carbocycles. The Kier molecular flexibility index (Phi) is 5.05. The number of ether oxygens (including phenoxy) is 1. The third-order valence-corrected chi connectivity index (χ3v) is 1.85. The monoisotopic (exact) mass is 220 g/mol. The number of hydrogen-bond donors (Lipinski definition) is 1. The first-order chi connectivity index (χ1) is 7.74. The number of hydrogen-bond acceptors (Lipinski definition) is 4. The summed E-state index contributed by atoms with van der Waals surface area (Å²) in [5, 5.41) is 3.21. The number of rotatable bonds is 2. The lowest BCUT2D eigenvalue weighted by Gasteiger charge is -2.10. The molecule has 0 aliphatic carbocycles. The SMILES string of the molecule is C1=Nc2ccccc2NC1.CC(C)OC=O. The molecule has 1 aliphatic rings. The van der Waals surface area contributed by atoms with Crippen molar-refractivity contribution in [1.82, 2.24) is 0 Å². The van der Waals surface area contributed by atoms with Gasteiger partial charge < -0.3 is 10.1 Å². The lowest BCUT2D eigenvalue weighted by atomic mass is 10.2. The number of carbonyl (C=O) groups is 1. The van der Waals surface area contributed by atoms with Crippen molar-refractivity contribution in [2.75, 3.05) is 11.9 Å². The van der Waals surface area contributed by atoms with Gasteiger partial charge in [-0.25, -0.2) is 0 Å². The van der Waals surface area contributed by atoms with Crippen LogP contribution < -0.4 is 5.32 Å². The first kappa shape index (κ1) is 12.2. The maximum atomic E-state index is 9.39. The minimum absolute atomic E-state index is 0.0301. The molecule has 0 aromatic heterocycles. The predicted octanol–water partition coefficient (Wildman–Crippen LogP) is 2.38. The number of carbonyl (C=O) groups excluding carboxylic acids is 1. The maximum Gasteiger partial charge on any atom is 0.293 e. The molecule has 4 nitrogen and oxygen atoms in total. The molecule has 2 rings (SSSR count). The van der Waals surface area contributed by atoms with Crippen LogP contribution in [0, 0.1) is 0 Å². The molecule has 1 aliphatic heterocycles. The fourth-order valence-electron chi connectivity index (χ4n) is 1.15. The minimum atomic E-state index is 0.0301. The van der Waals surface area contributed by atoms with Crippen molar-refractivity contribution in [3.05, 3.63) is 24.3 Å². The van der Waals surface area contributed by atoms with Crippen molar-refractivity contribution in [1.29, 1.82) is 0 Å². The number of anilines is 1. The Hall–Kier alpha value is -1.84. The summed E-state index contributed by atoms with van der Waals surface area (Å²) in [6, 6.07) is 8.03. The Morgan fingerprint density at radius 1 is 1.44 bits per heavy atom. The van der Waals surface area contributed by atoms with E-state index in [1.54, 1.807) is 13.8 Å². The Morgan fingerprint density at radius 3 is 2.75 bits per heavy atom. The average molecular weight is 220 g/mol. The predicted molar refractivity (Wildman–Crippen MR) is 65.4 cm³/mol. The highest BCUT2D eigenvalue weighted by Gasteiger charge is 2.00. The van der Waals surface area contributed by atoms with Gasteiger partial charge in [-0.3, -0.25) is 9.79 Å². The number of para-hydroxylation sites is 2. The fourth-order valence-corrected chi connectivity index (χ4v) is 1.15. The van der Waals surface area contributed by atoms with E-state index < -0.39 is 0 Å². The van der Waals surface area contributed by atoms with Gasteiger partial charge in [0.05, 0.1) is 24.0 Å². The van der Waals surface area contributed by atoms with Gasteiger partial charge in [-0.1, -0.05) is 12.1 Å². The molecule has 16 heavy (non-hydrogen) atoms. The van der Waals surface area contributed by atoms with E-state index in [0.717, 1.165) is 17.9 Å². The van der Waals surface area contributed by atoms with Gasteiger partial charge in [0.25, 0.3) is 6.47 Å². The van der Waals surface area contributed by atoms with E-state index in [0.29, 0.717) is 6.47 Å². The second-order valence-electron chi connectivity index (χ2n) is 3.49. The van der Waals surface area contributed by atoms with Crippen LogP contribution in [-0.2, 0) is 9.53 Å². The van der Waals surface area contributed by atoms with E-state index in [2.05, 4.69) is 15.0 Å². The van der Waals surface area contributed by atoms with Crippen LogP contribution in [0.3, 0.4) is 0 Å². The quantitative estimate of drug-likeness (QED) is 0.778. The molecule has 1 aromatic rings. The standard InChI is InChI=1S/C8H8N2.C4H8O2/c1-2-4-8-7(3-1)9-5-6-10-8;1-4(2)6-3-5/h1-5,10H,6H2;3-4H,1-2H3. The zero-order valence-corrected chi connectivity index (χ0v) is 9.51. The van der Waals surface area contributed by atoms with Crippen LogP contribution in [0.4, 0.5) is 11.4 Å². The average Bonchev–Trinajstić information content (AvgIpc) is 2.30. The minimum Gasteiger partial charge on any atom is -0.465 e. The van der Waals surface area contributed by atoms with Crippen LogP contribution in [0.15, 0.2) is 29.3 Å². The molecular formula is C12H16N2O2. The molecule has 0 radical (unpaired) electrons. The number of benzene rings is 1. The molecule has 0 amide bonds. The molecule has 0 fully saturated rings. The van der Waals surface area contributed by atoms with Gasteiger partial charge in [-0.05, 0) is 26.0 Å². The van der Waals surface area contributed by atoms with Crippen molar-refractivity contribution in [2.45, 2.75) is 20.0 Å². The topological polar surface area (TPSA) is 50.7 Å². The molecule has 1 N–H and O–H groups in total. The molecule has 0 spiro atoms. The van der Waals surface area contributed by atoms with Gasteiger partial charge in [0, 0.05) is 6.21 Å². The van der Waals surface area contributed by atoms with Gasteiger partial charge in [-0.2, -0.15) is 0 Å². The lowest BCUT2D eigenvalue weighted by Crippen LogP contribution is -2.05. The third kappa shape index (κ3) is 4.13.